The van der Waals surface area contributed by atoms with Crippen LogP contribution in [0.3, 0.4) is 0 Å². The fourth-order valence-electron chi connectivity index (χ4n) is 2.45. The Kier molecular flexibility index (Phi) is 6.70. The maximum Gasteiger partial charge on any atom is 0.156 e. The number of oxime groups is 1. The molecule has 0 aliphatic carbocycles. The summed E-state index contributed by atoms with van der Waals surface area (Å²) in [6.45, 7) is 5.90. The van der Waals surface area contributed by atoms with Gasteiger partial charge in [-0.1, -0.05) is 18.5 Å². The van der Waals surface area contributed by atoms with Crippen molar-refractivity contribution in [2.75, 3.05) is 44.7 Å². The van der Waals surface area contributed by atoms with Crippen molar-refractivity contribution in [3.05, 3.63) is 0 Å². The predicted octanol–water partition coefficient (Wildman–Crippen LogP) is -0.436. The quantitative estimate of drug-likeness (QED) is 0.286. The van der Waals surface area contributed by atoms with E-state index in [9.17, 15) is 8.42 Å². The molecule has 1 saturated heterocycles. The highest BCUT2D eigenvalue weighted by molar-refractivity contribution is 7.90. The van der Waals surface area contributed by atoms with Crippen LogP contribution < -0.4 is 5.73 Å². The zero-order valence-corrected chi connectivity index (χ0v) is 13.1. The molecule has 0 radical (unpaired) electrons. The fraction of sp³-hybridized carbons (Fsp3) is 0.917. The van der Waals surface area contributed by atoms with Crippen LogP contribution in [0.2, 0.25) is 0 Å². The number of piperazine rings is 1. The van der Waals surface area contributed by atoms with Crippen LogP contribution in [0.25, 0.3) is 0 Å². The van der Waals surface area contributed by atoms with Gasteiger partial charge in [0.25, 0.3) is 0 Å². The summed E-state index contributed by atoms with van der Waals surface area (Å²) in [4.78, 5) is 4.35. The first-order valence-electron chi connectivity index (χ1n) is 6.99. The molecule has 1 aliphatic rings. The van der Waals surface area contributed by atoms with Gasteiger partial charge in [-0.05, 0) is 6.42 Å². The molecule has 0 bridgehead atoms. The van der Waals surface area contributed by atoms with E-state index in [1.165, 1.54) is 6.26 Å². The zero-order chi connectivity index (χ0) is 15.2. The second kappa shape index (κ2) is 7.80. The standard InChI is InChI=1S/C12H26N4O3S/c1-3-4-11(12(13)14-17)16-7-5-15(6-8-16)9-10-20(2,18)19/h11,17H,3-10H2,1-2H3,(H2,13,14). The molecule has 3 N–H and O–H groups in total. The van der Waals surface area contributed by atoms with E-state index in [0.717, 1.165) is 39.0 Å². The molecule has 0 amide bonds. The van der Waals surface area contributed by atoms with Crippen LogP contribution in [-0.4, -0.2) is 80.0 Å². The van der Waals surface area contributed by atoms with Crippen LogP contribution in [0.4, 0.5) is 0 Å². The molecule has 1 fully saturated rings. The summed E-state index contributed by atoms with van der Waals surface area (Å²) >= 11 is 0. The molecule has 0 aromatic rings. The van der Waals surface area contributed by atoms with Crippen molar-refractivity contribution in [3.63, 3.8) is 0 Å². The Labute approximate surface area is 121 Å². The molecule has 0 aromatic carbocycles. The lowest BCUT2D eigenvalue weighted by Gasteiger charge is -2.38. The molecule has 8 heteroatoms. The number of rotatable bonds is 7. The third-order valence-corrected chi connectivity index (χ3v) is 4.57. The Morgan fingerprint density at radius 1 is 1.35 bits per heavy atom. The van der Waals surface area contributed by atoms with Crippen LogP contribution >= 0.6 is 0 Å². The minimum absolute atomic E-state index is 0.0259. The SMILES string of the molecule is CCCC(C(N)=NO)N1CCN(CCS(C)(=O)=O)CC1. The van der Waals surface area contributed by atoms with Gasteiger partial charge in [0.05, 0.1) is 11.8 Å². The van der Waals surface area contributed by atoms with E-state index in [1.807, 2.05) is 0 Å². The van der Waals surface area contributed by atoms with Crippen molar-refractivity contribution in [2.24, 2.45) is 10.9 Å². The maximum absolute atomic E-state index is 11.2. The van der Waals surface area contributed by atoms with Crippen LogP contribution in [0.1, 0.15) is 19.8 Å². The van der Waals surface area contributed by atoms with Gasteiger partial charge in [0.15, 0.2) is 5.84 Å². The number of sulfone groups is 1. The van der Waals surface area contributed by atoms with Crippen LogP contribution in [0.5, 0.6) is 0 Å². The smallest absolute Gasteiger partial charge is 0.156 e. The molecule has 1 atom stereocenters. The summed E-state index contributed by atoms with van der Waals surface area (Å²) < 4.78 is 22.3. The predicted molar refractivity (Wildman–Crippen MR) is 79.8 cm³/mol. The first-order valence-corrected chi connectivity index (χ1v) is 9.05. The maximum atomic E-state index is 11.2. The van der Waals surface area contributed by atoms with Gasteiger partial charge in [0.1, 0.15) is 9.84 Å². The van der Waals surface area contributed by atoms with Crippen molar-refractivity contribution in [1.29, 1.82) is 0 Å². The summed E-state index contributed by atoms with van der Waals surface area (Å²) in [6, 6.07) is -0.0259. The second-order valence-electron chi connectivity index (χ2n) is 5.34. The van der Waals surface area contributed by atoms with Gasteiger partial charge in [-0.15, -0.1) is 0 Å². The van der Waals surface area contributed by atoms with Gasteiger partial charge in [-0.25, -0.2) is 8.42 Å². The molecule has 0 saturated carbocycles. The summed E-state index contributed by atoms with van der Waals surface area (Å²) in [5.41, 5.74) is 5.75. The average Bonchev–Trinajstić information content (AvgIpc) is 2.41. The lowest BCUT2D eigenvalue weighted by molar-refractivity contribution is 0.117. The van der Waals surface area contributed by atoms with Gasteiger partial charge in [-0.2, -0.15) is 0 Å². The highest BCUT2D eigenvalue weighted by Crippen LogP contribution is 2.11. The van der Waals surface area contributed by atoms with Gasteiger partial charge in [-0.3, -0.25) is 9.80 Å². The summed E-state index contributed by atoms with van der Waals surface area (Å²) in [5, 5.41) is 12.0. The van der Waals surface area contributed by atoms with Crippen molar-refractivity contribution in [2.45, 2.75) is 25.8 Å². The second-order valence-corrected chi connectivity index (χ2v) is 7.60. The summed E-state index contributed by atoms with van der Waals surface area (Å²) in [6.07, 6.45) is 3.09. The van der Waals surface area contributed by atoms with Crippen molar-refractivity contribution in [1.82, 2.24) is 9.80 Å². The zero-order valence-electron chi connectivity index (χ0n) is 12.3. The molecule has 0 spiro atoms. The molecule has 0 aromatic heterocycles. The van der Waals surface area contributed by atoms with E-state index >= 15 is 0 Å². The van der Waals surface area contributed by atoms with E-state index < -0.39 is 9.84 Å². The molecular formula is C12H26N4O3S. The minimum atomic E-state index is -2.91. The Morgan fingerprint density at radius 2 is 1.95 bits per heavy atom. The summed E-state index contributed by atoms with van der Waals surface area (Å²) in [5.74, 6) is 0.461. The number of hydrogen-bond donors (Lipinski definition) is 2. The first-order chi connectivity index (χ1) is 9.37. The van der Waals surface area contributed by atoms with Crippen molar-refractivity contribution < 1.29 is 13.6 Å². The molecule has 1 rings (SSSR count). The van der Waals surface area contributed by atoms with E-state index in [2.05, 4.69) is 21.9 Å². The van der Waals surface area contributed by atoms with Gasteiger partial charge in [0, 0.05) is 39.0 Å². The largest absolute Gasteiger partial charge is 0.409 e. The van der Waals surface area contributed by atoms with Crippen LogP contribution in [-0.2, 0) is 9.84 Å². The molecule has 1 aliphatic heterocycles. The third kappa shape index (κ3) is 5.64. The Bertz CT molecular complexity index is 416. The van der Waals surface area contributed by atoms with E-state index in [4.69, 9.17) is 10.9 Å². The molecule has 20 heavy (non-hydrogen) atoms. The fourth-order valence-corrected chi connectivity index (χ4v) is 3.04. The number of nitrogens with zero attached hydrogens (tertiary/aromatic N) is 3. The van der Waals surface area contributed by atoms with Gasteiger partial charge in [0.2, 0.25) is 0 Å². The number of amidine groups is 1. The third-order valence-electron chi connectivity index (χ3n) is 3.64. The van der Waals surface area contributed by atoms with Crippen LogP contribution in [0, 0.1) is 0 Å². The van der Waals surface area contributed by atoms with E-state index in [-0.39, 0.29) is 17.6 Å². The molecular weight excluding hydrogens is 280 g/mol. The van der Waals surface area contributed by atoms with Gasteiger partial charge < -0.3 is 10.9 Å². The lowest BCUT2D eigenvalue weighted by atomic mass is 10.1. The van der Waals surface area contributed by atoms with Gasteiger partial charge >= 0.3 is 0 Å². The van der Waals surface area contributed by atoms with Crippen molar-refractivity contribution >= 4 is 15.7 Å². The Balaban J connectivity index is 2.47. The summed E-state index contributed by atoms with van der Waals surface area (Å²) in [7, 11) is -2.91. The molecule has 1 unspecified atom stereocenters. The highest BCUT2D eigenvalue weighted by Gasteiger charge is 2.26. The number of hydrogen-bond acceptors (Lipinski definition) is 6. The van der Waals surface area contributed by atoms with E-state index in [1.54, 1.807) is 0 Å². The lowest BCUT2D eigenvalue weighted by Crippen LogP contribution is -2.54. The monoisotopic (exact) mass is 306 g/mol. The van der Waals surface area contributed by atoms with Crippen molar-refractivity contribution in [3.8, 4) is 0 Å². The Hall–Kier alpha value is -0.860. The first kappa shape index (κ1) is 17.2. The molecule has 118 valence electrons. The van der Waals surface area contributed by atoms with E-state index in [0.29, 0.717) is 6.54 Å². The normalized spacial score (nSPS) is 21.0. The Morgan fingerprint density at radius 3 is 2.40 bits per heavy atom. The minimum Gasteiger partial charge on any atom is -0.409 e. The van der Waals surface area contributed by atoms with Crippen LogP contribution in [0.15, 0.2) is 5.16 Å². The molecule has 7 nitrogen and oxygen atoms in total. The average molecular weight is 306 g/mol. The number of nitrogens with two attached hydrogens (primary N) is 1. The molecule has 1 heterocycles. The highest BCUT2D eigenvalue weighted by atomic mass is 32.2. The topological polar surface area (TPSA) is 99.2 Å².